The molecule has 1 N–H and O–H groups in total. The van der Waals surface area contributed by atoms with Crippen molar-refractivity contribution in [2.24, 2.45) is 0 Å². The second kappa shape index (κ2) is 7.38. The van der Waals surface area contributed by atoms with Crippen LogP contribution in [0.3, 0.4) is 0 Å². The van der Waals surface area contributed by atoms with Crippen LogP contribution in [0.15, 0.2) is 48.5 Å². The van der Waals surface area contributed by atoms with Gasteiger partial charge < -0.3 is 14.4 Å². The third-order valence-corrected chi connectivity index (χ3v) is 5.11. The Morgan fingerprint density at radius 3 is 2.57 bits per heavy atom. The molecule has 0 saturated carbocycles. The highest BCUT2D eigenvalue weighted by molar-refractivity contribution is 6.00. The molecule has 0 bridgehead atoms. The molecule has 0 radical (unpaired) electrons. The Kier molecular flexibility index (Phi) is 4.77. The SMILES string of the molecule is CCCN1C(=O)c2[nH]nc(-c3ccccc3)c2C1c1cc(OC)ccc1OC. The number of amides is 1. The number of hydrogen-bond donors (Lipinski definition) is 1. The van der Waals surface area contributed by atoms with Gasteiger partial charge in [0.2, 0.25) is 0 Å². The molecule has 0 aliphatic carbocycles. The van der Waals surface area contributed by atoms with Crippen LogP contribution in [0.25, 0.3) is 11.3 Å². The van der Waals surface area contributed by atoms with E-state index in [2.05, 4.69) is 17.1 Å². The highest BCUT2D eigenvalue weighted by atomic mass is 16.5. The number of rotatable bonds is 6. The minimum Gasteiger partial charge on any atom is -0.497 e. The van der Waals surface area contributed by atoms with E-state index in [-0.39, 0.29) is 11.9 Å². The minimum atomic E-state index is -0.290. The van der Waals surface area contributed by atoms with Gasteiger partial charge in [0.15, 0.2) is 0 Å². The van der Waals surface area contributed by atoms with E-state index < -0.39 is 0 Å². The number of carbonyl (C=O) groups is 1. The number of aromatic nitrogens is 2. The molecule has 28 heavy (non-hydrogen) atoms. The Balaban J connectivity index is 1.94. The van der Waals surface area contributed by atoms with E-state index in [4.69, 9.17) is 9.47 Å². The molecule has 0 saturated heterocycles. The lowest BCUT2D eigenvalue weighted by molar-refractivity contribution is 0.0742. The van der Waals surface area contributed by atoms with Gasteiger partial charge in [-0.2, -0.15) is 5.10 Å². The molecule has 1 aliphatic heterocycles. The molecule has 0 fully saturated rings. The quantitative estimate of drug-likeness (QED) is 0.704. The molecule has 6 nitrogen and oxygen atoms in total. The number of hydrogen-bond acceptors (Lipinski definition) is 4. The zero-order valence-electron chi connectivity index (χ0n) is 16.2. The van der Waals surface area contributed by atoms with Crippen molar-refractivity contribution in [3.63, 3.8) is 0 Å². The number of aromatic amines is 1. The first-order valence-electron chi connectivity index (χ1n) is 9.36. The smallest absolute Gasteiger partial charge is 0.273 e. The van der Waals surface area contributed by atoms with Crippen LogP contribution >= 0.6 is 0 Å². The Bertz CT molecular complexity index is 998. The molecular formula is C22H23N3O3. The maximum absolute atomic E-state index is 13.2. The summed E-state index contributed by atoms with van der Waals surface area (Å²) in [6.07, 6.45) is 0.854. The van der Waals surface area contributed by atoms with Crippen molar-refractivity contribution in [1.29, 1.82) is 0 Å². The predicted molar refractivity (Wildman–Crippen MR) is 107 cm³/mol. The van der Waals surface area contributed by atoms with Crippen LogP contribution in [0.1, 0.15) is 41.0 Å². The average molecular weight is 377 g/mol. The number of nitrogens with one attached hydrogen (secondary N) is 1. The first-order valence-corrected chi connectivity index (χ1v) is 9.36. The fourth-order valence-corrected chi connectivity index (χ4v) is 3.86. The second-order valence-corrected chi connectivity index (χ2v) is 6.74. The van der Waals surface area contributed by atoms with Crippen molar-refractivity contribution in [2.45, 2.75) is 19.4 Å². The van der Waals surface area contributed by atoms with E-state index in [1.165, 1.54) is 0 Å². The van der Waals surface area contributed by atoms with Gasteiger partial charge in [-0.15, -0.1) is 0 Å². The van der Waals surface area contributed by atoms with Crippen LogP contribution in [-0.2, 0) is 0 Å². The Labute approximate surface area is 164 Å². The maximum atomic E-state index is 13.2. The van der Waals surface area contributed by atoms with E-state index in [0.717, 1.165) is 34.6 Å². The van der Waals surface area contributed by atoms with Gasteiger partial charge in [0, 0.05) is 23.2 Å². The maximum Gasteiger partial charge on any atom is 0.273 e. The number of H-pyrrole nitrogens is 1. The van der Waals surface area contributed by atoms with Gasteiger partial charge in [0.1, 0.15) is 17.2 Å². The van der Waals surface area contributed by atoms with Crippen molar-refractivity contribution in [3.05, 3.63) is 65.4 Å². The summed E-state index contributed by atoms with van der Waals surface area (Å²) >= 11 is 0. The van der Waals surface area contributed by atoms with Crippen molar-refractivity contribution < 1.29 is 14.3 Å². The van der Waals surface area contributed by atoms with E-state index in [0.29, 0.717) is 18.0 Å². The lowest BCUT2D eigenvalue weighted by Gasteiger charge is -2.27. The fraction of sp³-hybridized carbons (Fsp3) is 0.273. The molecule has 2 heterocycles. The first kappa shape index (κ1) is 18.1. The predicted octanol–water partition coefficient (Wildman–Crippen LogP) is 4.05. The molecule has 6 heteroatoms. The van der Waals surface area contributed by atoms with Crippen molar-refractivity contribution >= 4 is 5.91 Å². The third-order valence-electron chi connectivity index (χ3n) is 5.11. The van der Waals surface area contributed by atoms with Gasteiger partial charge >= 0.3 is 0 Å². The number of fused-ring (bicyclic) bond motifs is 1. The topological polar surface area (TPSA) is 67.5 Å². The van der Waals surface area contributed by atoms with Gasteiger partial charge in [0.25, 0.3) is 5.91 Å². The summed E-state index contributed by atoms with van der Waals surface area (Å²) in [4.78, 5) is 15.0. The zero-order chi connectivity index (χ0) is 19.7. The average Bonchev–Trinajstić information content (AvgIpc) is 3.28. The summed E-state index contributed by atoms with van der Waals surface area (Å²) in [6, 6.07) is 15.3. The number of benzene rings is 2. The molecule has 1 aliphatic rings. The summed E-state index contributed by atoms with van der Waals surface area (Å²) in [7, 11) is 3.27. The van der Waals surface area contributed by atoms with Crippen molar-refractivity contribution in [2.75, 3.05) is 20.8 Å². The molecule has 1 unspecified atom stereocenters. The lowest BCUT2D eigenvalue weighted by atomic mass is 9.95. The molecule has 4 rings (SSSR count). The number of ether oxygens (including phenoxy) is 2. The number of carbonyl (C=O) groups excluding carboxylic acids is 1. The van der Waals surface area contributed by atoms with E-state index in [1.54, 1.807) is 14.2 Å². The summed E-state index contributed by atoms with van der Waals surface area (Å²) in [5, 5.41) is 7.46. The number of methoxy groups -OCH3 is 2. The largest absolute Gasteiger partial charge is 0.497 e. The molecule has 1 atom stereocenters. The Hall–Kier alpha value is -3.28. The zero-order valence-corrected chi connectivity index (χ0v) is 16.2. The highest BCUT2D eigenvalue weighted by Crippen LogP contribution is 2.46. The van der Waals surface area contributed by atoms with Gasteiger partial charge in [-0.05, 0) is 24.6 Å². The standard InChI is InChI=1S/C22H23N3O3/c1-4-12-25-21(16-13-15(27-2)10-11-17(16)28-3)18-19(14-8-6-5-7-9-14)23-24-20(18)22(25)26/h5-11,13,21H,4,12H2,1-3H3,(H,23,24). The van der Waals surface area contributed by atoms with Crippen molar-refractivity contribution in [3.8, 4) is 22.8 Å². The van der Waals surface area contributed by atoms with Gasteiger partial charge in [0.05, 0.1) is 26.0 Å². The van der Waals surface area contributed by atoms with Gasteiger partial charge in [-0.1, -0.05) is 37.3 Å². The molecule has 1 aromatic heterocycles. The molecule has 2 aromatic carbocycles. The van der Waals surface area contributed by atoms with Crippen LogP contribution in [0.5, 0.6) is 11.5 Å². The Morgan fingerprint density at radius 2 is 1.89 bits per heavy atom. The molecule has 3 aromatic rings. The monoisotopic (exact) mass is 377 g/mol. The highest BCUT2D eigenvalue weighted by Gasteiger charge is 2.43. The van der Waals surface area contributed by atoms with Gasteiger partial charge in [-0.25, -0.2) is 0 Å². The second-order valence-electron chi connectivity index (χ2n) is 6.74. The van der Waals surface area contributed by atoms with Crippen LogP contribution in [-0.4, -0.2) is 41.8 Å². The van der Waals surface area contributed by atoms with E-state index in [1.807, 2.05) is 53.4 Å². The summed E-state index contributed by atoms with van der Waals surface area (Å²) < 4.78 is 11.1. The summed E-state index contributed by atoms with van der Waals surface area (Å²) in [5.41, 5.74) is 4.08. The van der Waals surface area contributed by atoms with Crippen LogP contribution in [0.4, 0.5) is 0 Å². The molecule has 0 spiro atoms. The lowest BCUT2D eigenvalue weighted by Crippen LogP contribution is -2.30. The minimum absolute atomic E-state index is 0.0404. The molecule has 1 amide bonds. The molecule has 144 valence electrons. The van der Waals surface area contributed by atoms with E-state index in [9.17, 15) is 4.79 Å². The fourth-order valence-electron chi connectivity index (χ4n) is 3.86. The van der Waals surface area contributed by atoms with Crippen LogP contribution in [0, 0.1) is 0 Å². The Morgan fingerprint density at radius 1 is 1.11 bits per heavy atom. The third kappa shape index (κ3) is 2.81. The summed E-state index contributed by atoms with van der Waals surface area (Å²) in [6.45, 7) is 2.71. The van der Waals surface area contributed by atoms with Crippen molar-refractivity contribution in [1.82, 2.24) is 15.1 Å². The first-order chi connectivity index (χ1) is 13.7. The van der Waals surface area contributed by atoms with Crippen LogP contribution in [0.2, 0.25) is 0 Å². The van der Waals surface area contributed by atoms with E-state index >= 15 is 0 Å². The molecular weight excluding hydrogens is 354 g/mol. The summed E-state index contributed by atoms with van der Waals surface area (Å²) in [5.74, 6) is 1.40. The normalized spacial score (nSPS) is 15.6. The van der Waals surface area contributed by atoms with Crippen LogP contribution < -0.4 is 9.47 Å². The number of nitrogens with zero attached hydrogens (tertiary/aromatic N) is 2. The van der Waals surface area contributed by atoms with Gasteiger partial charge in [-0.3, -0.25) is 9.89 Å².